The van der Waals surface area contributed by atoms with Gasteiger partial charge in [0.2, 0.25) is 11.8 Å². The number of carbonyl (C=O) groups is 4. The molecule has 0 aromatic heterocycles. The first kappa shape index (κ1) is 25.7. The standard InChI is InChI=1S/C25H23BrCl2N2O5/c1-2-13-9-15(26)5-8-21(13)29-22(31)12-35-25(34)14-3-6-16(7-4-14)30-23(32)17-10-19(27)20(28)11-18(17)24(30)33/h3-9,17-20H,2,10-12H2,1H3,(H,29,31)/t17-,18-,19-,20+/m1/s1. The fourth-order valence-electron chi connectivity index (χ4n) is 4.47. The third-order valence-corrected chi connectivity index (χ3v) is 7.92. The fourth-order valence-corrected chi connectivity index (χ4v) is 5.47. The van der Waals surface area contributed by atoms with Crippen LogP contribution in [0.15, 0.2) is 46.9 Å². The molecule has 3 amide bonds. The molecule has 1 aliphatic heterocycles. The van der Waals surface area contributed by atoms with Crippen molar-refractivity contribution in [2.75, 3.05) is 16.8 Å². The van der Waals surface area contributed by atoms with E-state index in [2.05, 4.69) is 21.2 Å². The number of amides is 3. The van der Waals surface area contributed by atoms with Crippen LogP contribution >= 0.6 is 39.1 Å². The molecule has 1 heterocycles. The molecule has 184 valence electrons. The predicted molar refractivity (Wildman–Crippen MR) is 137 cm³/mol. The quantitative estimate of drug-likeness (QED) is 0.297. The third kappa shape index (κ3) is 5.39. The molecular weight excluding hydrogens is 559 g/mol. The van der Waals surface area contributed by atoms with Gasteiger partial charge in [-0.2, -0.15) is 0 Å². The summed E-state index contributed by atoms with van der Waals surface area (Å²) in [5.41, 5.74) is 2.16. The normalized spacial score (nSPS) is 23.7. The van der Waals surface area contributed by atoms with Gasteiger partial charge in [0.05, 0.1) is 33.8 Å². The van der Waals surface area contributed by atoms with E-state index in [-0.39, 0.29) is 28.1 Å². The minimum Gasteiger partial charge on any atom is -0.452 e. The Balaban J connectivity index is 1.37. The van der Waals surface area contributed by atoms with Crippen LogP contribution in [0.5, 0.6) is 0 Å². The zero-order chi connectivity index (χ0) is 25.3. The summed E-state index contributed by atoms with van der Waals surface area (Å²) in [4.78, 5) is 51.6. The number of rotatable bonds is 6. The van der Waals surface area contributed by atoms with E-state index in [1.54, 1.807) is 6.07 Å². The van der Waals surface area contributed by atoms with Gasteiger partial charge in [0, 0.05) is 10.2 Å². The van der Waals surface area contributed by atoms with Gasteiger partial charge >= 0.3 is 5.97 Å². The number of nitrogens with zero attached hydrogens (tertiary/aromatic N) is 1. The van der Waals surface area contributed by atoms with Crippen molar-refractivity contribution in [3.8, 4) is 0 Å². The first-order valence-electron chi connectivity index (χ1n) is 11.2. The van der Waals surface area contributed by atoms with Crippen LogP contribution in [0.1, 0.15) is 35.7 Å². The molecule has 10 heteroatoms. The van der Waals surface area contributed by atoms with Crippen molar-refractivity contribution in [2.45, 2.75) is 36.9 Å². The molecule has 2 fully saturated rings. The number of imide groups is 1. The van der Waals surface area contributed by atoms with Gasteiger partial charge < -0.3 is 10.1 Å². The molecule has 1 aliphatic carbocycles. The number of anilines is 2. The van der Waals surface area contributed by atoms with Crippen LogP contribution in [0.4, 0.5) is 11.4 Å². The van der Waals surface area contributed by atoms with Gasteiger partial charge in [0.1, 0.15) is 0 Å². The highest BCUT2D eigenvalue weighted by Gasteiger charge is 2.52. The fraction of sp³-hybridized carbons (Fsp3) is 0.360. The minimum absolute atomic E-state index is 0.192. The maximum Gasteiger partial charge on any atom is 0.338 e. The molecular formula is C25H23BrCl2N2O5. The number of nitrogens with one attached hydrogen (secondary N) is 1. The summed E-state index contributed by atoms with van der Waals surface area (Å²) in [6, 6.07) is 11.4. The van der Waals surface area contributed by atoms with Gasteiger partial charge in [-0.1, -0.05) is 22.9 Å². The Hall–Kier alpha value is -2.42. The molecule has 7 nitrogen and oxygen atoms in total. The highest BCUT2D eigenvalue weighted by atomic mass is 79.9. The van der Waals surface area contributed by atoms with Crippen LogP contribution in [-0.4, -0.2) is 41.1 Å². The summed E-state index contributed by atoms with van der Waals surface area (Å²) in [6.45, 7) is 1.52. The Labute approximate surface area is 221 Å². The molecule has 4 rings (SSSR count). The molecule has 0 unspecified atom stereocenters. The molecule has 0 spiro atoms. The minimum atomic E-state index is -0.694. The van der Waals surface area contributed by atoms with Gasteiger partial charge in [0.15, 0.2) is 6.61 Å². The molecule has 0 bridgehead atoms. The van der Waals surface area contributed by atoms with Crippen molar-refractivity contribution in [2.24, 2.45) is 11.8 Å². The summed E-state index contributed by atoms with van der Waals surface area (Å²) in [6.07, 6.45) is 1.44. The smallest absolute Gasteiger partial charge is 0.338 e. The number of esters is 1. The number of carbonyl (C=O) groups excluding carboxylic acids is 4. The van der Waals surface area contributed by atoms with E-state index in [0.717, 1.165) is 21.4 Å². The highest BCUT2D eigenvalue weighted by Crippen LogP contribution is 2.43. The van der Waals surface area contributed by atoms with E-state index in [9.17, 15) is 19.2 Å². The number of fused-ring (bicyclic) bond motifs is 1. The number of hydrogen-bond acceptors (Lipinski definition) is 5. The van der Waals surface area contributed by atoms with E-state index >= 15 is 0 Å². The topological polar surface area (TPSA) is 92.8 Å². The summed E-state index contributed by atoms with van der Waals surface area (Å²) < 4.78 is 6.04. The lowest BCUT2D eigenvalue weighted by Gasteiger charge is -2.28. The van der Waals surface area contributed by atoms with E-state index in [0.29, 0.717) is 24.2 Å². The second-order valence-electron chi connectivity index (χ2n) is 8.55. The van der Waals surface area contributed by atoms with Crippen molar-refractivity contribution in [1.29, 1.82) is 0 Å². The second-order valence-corrected chi connectivity index (χ2v) is 10.6. The van der Waals surface area contributed by atoms with Crippen LogP contribution in [0, 0.1) is 11.8 Å². The summed E-state index contributed by atoms with van der Waals surface area (Å²) in [5, 5.41) is 2.02. The lowest BCUT2D eigenvalue weighted by atomic mass is 9.80. The SMILES string of the molecule is CCc1cc(Br)ccc1NC(=O)COC(=O)c1ccc(N2C(=O)[C@@H]3C[C@@H](Cl)[C@@H](Cl)C[C@H]3C2=O)cc1. The van der Waals surface area contributed by atoms with Crippen molar-refractivity contribution < 1.29 is 23.9 Å². The summed E-state index contributed by atoms with van der Waals surface area (Å²) in [7, 11) is 0. The number of aryl methyl sites for hydroxylation is 1. The van der Waals surface area contributed by atoms with Gasteiger partial charge in [-0.05, 0) is 67.3 Å². The number of alkyl halides is 2. The Morgan fingerprint density at radius 2 is 1.63 bits per heavy atom. The monoisotopic (exact) mass is 580 g/mol. The lowest BCUT2D eigenvalue weighted by Crippen LogP contribution is -2.34. The van der Waals surface area contributed by atoms with Gasteiger partial charge in [-0.15, -0.1) is 23.2 Å². The number of benzene rings is 2. The van der Waals surface area contributed by atoms with Gasteiger partial charge in [-0.25, -0.2) is 4.79 Å². The van der Waals surface area contributed by atoms with E-state index < -0.39 is 30.3 Å². The maximum absolute atomic E-state index is 12.9. The first-order valence-corrected chi connectivity index (χ1v) is 12.9. The van der Waals surface area contributed by atoms with Crippen LogP contribution < -0.4 is 10.2 Å². The maximum atomic E-state index is 12.9. The van der Waals surface area contributed by atoms with Gasteiger partial charge in [0.25, 0.3) is 5.91 Å². The summed E-state index contributed by atoms with van der Waals surface area (Å²) >= 11 is 15.8. The molecule has 1 N–H and O–H groups in total. The van der Waals surface area contributed by atoms with E-state index in [4.69, 9.17) is 27.9 Å². The zero-order valence-corrected chi connectivity index (χ0v) is 21.9. The molecule has 2 aliphatic rings. The second kappa shape index (κ2) is 10.7. The molecule has 0 radical (unpaired) electrons. The van der Waals surface area contributed by atoms with Crippen molar-refractivity contribution >= 4 is 74.2 Å². The van der Waals surface area contributed by atoms with Crippen LogP contribution in [-0.2, 0) is 25.5 Å². The number of halogens is 3. The van der Waals surface area contributed by atoms with Crippen LogP contribution in [0.25, 0.3) is 0 Å². The van der Waals surface area contributed by atoms with E-state index in [1.807, 2.05) is 19.1 Å². The van der Waals surface area contributed by atoms with Gasteiger partial charge in [-0.3, -0.25) is 19.3 Å². The Bertz CT molecular complexity index is 1140. The number of hydrogen-bond donors (Lipinski definition) is 1. The van der Waals surface area contributed by atoms with Crippen LogP contribution in [0.2, 0.25) is 0 Å². The predicted octanol–water partition coefficient (Wildman–Crippen LogP) is 4.92. The highest BCUT2D eigenvalue weighted by molar-refractivity contribution is 9.10. The summed E-state index contributed by atoms with van der Waals surface area (Å²) in [5.74, 6) is -2.73. The molecule has 2 aromatic rings. The molecule has 4 atom stereocenters. The van der Waals surface area contributed by atoms with Crippen LogP contribution in [0.3, 0.4) is 0 Å². The molecule has 1 saturated carbocycles. The van der Waals surface area contributed by atoms with Crippen molar-refractivity contribution in [3.63, 3.8) is 0 Å². The first-order chi connectivity index (χ1) is 16.7. The number of ether oxygens (including phenoxy) is 1. The Morgan fingerprint density at radius 1 is 1.03 bits per heavy atom. The van der Waals surface area contributed by atoms with Crippen molar-refractivity contribution in [3.05, 3.63) is 58.1 Å². The Kier molecular flexibility index (Phi) is 7.83. The molecule has 35 heavy (non-hydrogen) atoms. The van der Waals surface area contributed by atoms with E-state index in [1.165, 1.54) is 24.3 Å². The largest absolute Gasteiger partial charge is 0.452 e. The lowest BCUT2D eigenvalue weighted by molar-refractivity contribution is -0.122. The third-order valence-electron chi connectivity index (χ3n) is 6.33. The zero-order valence-electron chi connectivity index (χ0n) is 18.8. The average molecular weight is 582 g/mol. The Morgan fingerprint density at radius 3 is 2.20 bits per heavy atom. The molecule has 1 saturated heterocycles. The average Bonchev–Trinajstić information content (AvgIpc) is 3.08. The van der Waals surface area contributed by atoms with Crippen molar-refractivity contribution in [1.82, 2.24) is 0 Å². The molecule has 2 aromatic carbocycles.